The number of aromatic nitrogens is 3. The maximum Gasteiger partial charge on any atom is 0.216 e. The van der Waals surface area contributed by atoms with Crippen LogP contribution in [0, 0.1) is 4.77 Å². The number of nitrogens with one attached hydrogen (secondary N) is 1. The Morgan fingerprint density at radius 3 is 2.33 bits per heavy atom. The molecular weight excluding hydrogens is 392 g/mol. The van der Waals surface area contributed by atoms with Gasteiger partial charge in [-0.3, -0.25) is 0 Å². The molecule has 0 bridgehead atoms. The van der Waals surface area contributed by atoms with E-state index in [9.17, 15) is 0 Å². The highest BCUT2D eigenvalue weighted by atomic mass is 32.1. The molecule has 0 aliphatic rings. The second kappa shape index (κ2) is 7.57. The Balaban J connectivity index is 1.69. The van der Waals surface area contributed by atoms with Crippen molar-refractivity contribution in [1.29, 1.82) is 0 Å². The molecule has 1 heterocycles. The summed E-state index contributed by atoms with van der Waals surface area (Å²) in [5.41, 5.74) is 1.91. The normalized spacial score (nSPS) is 11.5. The molecule has 0 saturated carbocycles. The van der Waals surface area contributed by atoms with Crippen LogP contribution < -0.4 is 4.74 Å². The molecule has 5 aromatic rings. The van der Waals surface area contributed by atoms with E-state index in [0.717, 1.165) is 27.6 Å². The predicted octanol–water partition coefficient (Wildman–Crippen LogP) is 5.80. The van der Waals surface area contributed by atoms with Crippen molar-refractivity contribution in [2.45, 2.75) is 0 Å². The zero-order chi connectivity index (χ0) is 20.5. The average molecular weight is 411 g/mol. The van der Waals surface area contributed by atoms with Crippen molar-refractivity contribution in [3.05, 3.63) is 89.2 Å². The Labute approximate surface area is 178 Å². The lowest BCUT2D eigenvalue weighted by Crippen LogP contribution is -1.96. The average Bonchev–Trinajstić information content (AvgIpc) is 3.17. The molecule has 146 valence electrons. The van der Waals surface area contributed by atoms with Crippen molar-refractivity contribution in [3.63, 3.8) is 0 Å². The Kier molecular flexibility index (Phi) is 4.61. The summed E-state index contributed by atoms with van der Waals surface area (Å²) in [4.78, 5) is 0. The third-order valence-electron chi connectivity index (χ3n) is 5.09. The van der Waals surface area contributed by atoms with Gasteiger partial charge in [0.05, 0.1) is 13.3 Å². The van der Waals surface area contributed by atoms with Crippen LogP contribution in [0.3, 0.4) is 0 Å². The van der Waals surface area contributed by atoms with E-state index >= 15 is 0 Å². The van der Waals surface area contributed by atoms with Gasteiger partial charge in [-0.15, -0.1) is 0 Å². The summed E-state index contributed by atoms with van der Waals surface area (Å²) >= 11 is 5.44. The summed E-state index contributed by atoms with van der Waals surface area (Å²) in [5, 5.41) is 16.6. The van der Waals surface area contributed by atoms with Crippen LogP contribution in [0.5, 0.6) is 5.75 Å². The van der Waals surface area contributed by atoms with Crippen LogP contribution in [0.15, 0.2) is 84.0 Å². The van der Waals surface area contributed by atoms with Crippen LogP contribution in [0.4, 0.5) is 0 Å². The molecule has 1 aromatic heterocycles. The standard InChI is InChI=1S/C24H18N4OS/c1-29-19-10-6-9-18(14-19)23-26-27-24(30)28(23)25-15-22-20-11-4-2-7-16(20)13-17-8-3-5-12-21(17)22/h2-15H,1H3,(H,27,30)/b25-15-. The first-order chi connectivity index (χ1) is 14.7. The van der Waals surface area contributed by atoms with Gasteiger partial charge in [0.25, 0.3) is 0 Å². The number of fused-ring (bicyclic) bond motifs is 2. The first kappa shape index (κ1) is 18.3. The lowest BCUT2D eigenvalue weighted by molar-refractivity contribution is 0.415. The lowest BCUT2D eigenvalue weighted by Gasteiger charge is -2.08. The summed E-state index contributed by atoms with van der Waals surface area (Å²) in [6.07, 6.45) is 1.86. The van der Waals surface area contributed by atoms with E-state index in [-0.39, 0.29) is 0 Å². The number of H-pyrrole nitrogens is 1. The molecule has 0 spiro atoms. The van der Waals surface area contributed by atoms with Crippen molar-refractivity contribution < 1.29 is 4.74 Å². The van der Waals surface area contributed by atoms with E-state index in [1.54, 1.807) is 11.8 Å². The fraction of sp³-hybridized carbons (Fsp3) is 0.0417. The van der Waals surface area contributed by atoms with Crippen LogP contribution in [-0.4, -0.2) is 28.2 Å². The third-order valence-corrected chi connectivity index (χ3v) is 5.36. The Hall–Kier alpha value is -3.77. The van der Waals surface area contributed by atoms with Gasteiger partial charge in [0, 0.05) is 11.1 Å². The maximum atomic E-state index is 5.44. The summed E-state index contributed by atoms with van der Waals surface area (Å²) < 4.78 is 7.40. The van der Waals surface area contributed by atoms with E-state index in [1.807, 2.05) is 54.7 Å². The molecule has 0 amide bonds. The third kappa shape index (κ3) is 3.17. The van der Waals surface area contributed by atoms with Crippen molar-refractivity contribution in [2.24, 2.45) is 5.10 Å². The van der Waals surface area contributed by atoms with E-state index in [0.29, 0.717) is 10.6 Å². The SMILES string of the molecule is COc1cccc(-c2n[nH]c(=S)n2/N=C\c2c3ccccc3cc3ccccc23)c1. The van der Waals surface area contributed by atoms with Crippen LogP contribution in [0.25, 0.3) is 32.9 Å². The van der Waals surface area contributed by atoms with Crippen molar-refractivity contribution in [1.82, 2.24) is 14.9 Å². The minimum Gasteiger partial charge on any atom is -0.497 e. The summed E-state index contributed by atoms with van der Waals surface area (Å²) in [7, 11) is 1.64. The number of aromatic amines is 1. The van der Waals surface area contributed by atoms with E-state index < -0.39 is 0 Å². The van der Waals surface area contributed by atoms with Crippen molar-refractivity contribution >= 4 is 40.0 Å². The first-order valence-corrected chi connectivity index (χ1v) is 9.92. The van der Waals surface area contributed by atoms with Gasteiger partial charge in [0.15, 0.2) is 5.82 Å². The van der Waals surface area contributed by atoms with Crippen LogP contribution in [0.2, 0.25) is 0 Å². The zero-order valence-electron chi connectivity index (χ0n) is 16.2. The number of methoxy groups -OCH3 is 1. The van der Waals surface area contributed by atoms with E-state index in [4.69, 9.17) is 22.1 Å². The number of benzene rings is 4. The van der Waals surface area contributed by atoms with Crippen molar-refractivity contribution in [3.8, 4) is 17.1 Å². The molecule has 0 saturated heterocycles. The number of hydrogen-bond acceptors (Lipinski definition) is 4. The van der Waals surface area contributed by atoms with E-state index in [2.05, 4.69) is 40.5 Å². The van der Waals surface area contributed by atoms with Gasteiger partial charge in [0.2, 0.25) is 4.77 Å². The second-order valence-corrected chi connectivity index (χ2v) is 7.26. The number of ether oxygens (including phenoxy) is 1. The van der Waals surface area contributed by atoms with Crippen LogP contribution in [-0.2, 0) is 0 Å². The molecule has 0 radical (unpaired) electrons. The molecular formula is C24H18N4OS. The van der Waals surface area contributed by atoms with Gasteiger partial charge in [0.1, 0.15) is 5.75 Å². The molecule has 4 aromatic carbocycles. The molecule has 0 aliphatic heterocycles. The zero-order valence-corrected chi connectivity index (χ0v) is 17.1. The molecule has 1 N–H and O–H groups in total. The molecule has 0 unspecified atom stereocenters. The highest BCUT2D eigenvalue weighted by molar-refractivity contribution is 7.71. The Bertz CT molecular complexity index is 1410. The van der Waals surface area contributed by atoms with Gasteiger partial charge >= 0.3 is 0 Å². The number of hydrogen-bond donors (Lipinski definition) is 1. The number of rotatable bonds is 4. The Morgan fingerprint density at radius 2 is 1.63 bits per heavy atom. The first-order valence-electron chi connectivity index (χ1n) is 9.51. The molecule has 5 nitrogen and oxygen atoms in total. The topological polar surface area (TPSA) is 55.2 Å². The molecule has 6 heteroatoms. The van der Waals surface area contributed by atoms with Gasteiger partial charge in [-0.05, 0) is 52.0 Å². The van der Waals surface area contributed by atoms with Gasteiger partial charge in [-0.2, -0.15) is 14.9 Å². The molecule has 5 rings (SSSR count). The summed E-state index contributed by atoms with van der Waals surface area (Å²) in [6, 6.07) is 26.5. The fourth-order valence-electron chi connectivity index (χ4n) is 3.65. The van der Waals surface area contributed by atoms with Gasteiger partial charge < -0.3 is 4.74 Å². The van der Waals surface area contributed by atoms with Crippen LogP contribution in [0.1, 0.15) is 5.56 Å². The highest BCUT2D eigenvalue weighted by Gasteiger charge is 2.10. The fourth-order valence-corrected chi connectivity index (χ4v) is 3.83. The maximum absolute atomic E-state index is 5.44. The van der Waals surface area contributed by atoms with Crippen LogP contribution >= 0.6 is 12.2 Å². The quantitative estimate of drug-likeness (QED) is 0.231. The minimum atomic E-state index is 0.425. The second-order valence-electron chi connectivity index (χ2n) is 6.87. The number of nitrogens with zero attached hydrogens (tertiary/aromatic N) is 3. The summed E-state index contributed by atoms with van der Waals surface area (Å²) in [5.74, 6) is 1.37. The van der Waals surface area contributed by atoms with E-state index in [1.165, 1.54) is 10.8 Å². The van der Waals surface area contributed by atoms with Gasteiger partial charge in [-0.1, -0.05) is 60.7 Å². The predicted molar refractivity (Wildman–Crippen MR) is 124 cm³/mol. The molecule has 0 aliphatic carbocycles. The Morgan fingerprint density at radius 1 is 0.933 bits per heavy atom. The molecule has 0 atom stereocenters. The summed E-state index contributed by atoms with van der Waals surface area (Å²) in [6.45, 7) is 0. The van der Waals surface area contributed by atoms with Gasteiger partial charge in [-0.25, -0.2) is 5.10 Å². The molecule has 30 heavy (non-hydrogen) atoms. The molecule has 0 fully saturated rings. The smallest absolute Gasteiger partial charge is 0.216 e. The minimum absolute atomic E-state index is 0.425. The largest absolute Gasteiger partial charge is 0.497 e. The highest BCUT2D eigenvalue weighted by Crippen LogP contribution is 2.28. The monoisotopic (exact) mass is 410 g/mol. The van der Waals surface area contributed by atoms with Crippen molar-refractivity contribution in [2.75, 3.05) is 7.11 Å². The lowest BCUT2D eigenvalue weighted by atomic mass is 9.97.